The Bertz CT molecular complexity index is 1050. The number of aromatic nitrogens is 2. The van der Waals surface area contributed by atoms with E-state index >= 15 is 0 Å². The first-order valence-electron chi connectivity index (χ1n) is 10.7. The van der Waals surface area contributed by atoms with E-state index < -0.39 is 5.91 Å². The fourth-order valence-electron chi connectivity index (χ4n) is 4.54. The lowest BCUT2D eigenvalue weighted by Crippen LogP contribution is -2.55. The normalized spacial score (nSPS) is 18.5. The minimum atomic E-state index is -0.870. The number of anilines is 4. The van der Waals surface area contributed by atoms with Crippen LogP contribution in [0, 0.1) is 4.91 Å². The number of nitrogens with one attached hydrogen (secondary N) is 1. The smallest absolute Gasteiger partial charge is 0.316 e. The summed E-state index contributed by atoms with van der Waals surface area (Å²) >= 11 is 0. The lowest BCUT2D eigenvalue weighted by atomic mass is 10.0. The van der Waals surface area contributed by atoms with Crippen LogP contribution in [0.3, 0.4) is 0 Å². The van der Waals surface area contributed by atoms with E-state index in [-0.39, 0.29) is 23.6 Å². The van der Waals surface area contributed by atoms with Crippen LogP contribution < -0.4 is 19.9 Å². The van der Waals surface area contributed by atoms with Gasteiger partial charge in [0.05, 0.1) is 19.0 Å². The lowest BCUT2D eigenvalue weighted by Gasteiger charge is -2.43. The Morgan fingerprint density at radius 2 is 2.06 bits per heavy atom. The average molecular weight is 438 g/mol. The third kappa shape index (κ3) is 3.76. The van der Waals surface area contributed by atoms with Crippen LogP contribution >= 0.6 is 0 Å². The van der Waals surface area contributed by atoms with Crippen molar-refractivity contribution in [2.45, 2.75) is 51.1 Å². The third-order valence-corrected chi connectivity index (χ3v) is 6.19. The zero-order valence-electron chi connectivity index (χ0n) is 18.4. The van der Waals surface area contributed by atoms with Gasteiger partial charge in [-0.1, -0.05) is 19.8 Å². The van der Waals surface area contributed by atoms with Crippen molar-refractivity contribution in [3.63, 3.8) is 0 Å². The first-order chi connectivity index (χ1) is 15.5. The molecule has 0 spiro atoms. The van der Waals surface area contributed by atoms with Gasteiger partial charge in [-0.3, -0.25) is 9.59 Å². The fraction of sp³-hybridized carbons (Fsp3) is 0.455. The van der Waals surface area contributed by atoms with Crippen LogP contribution in [0.1, 0.15) is 49.4 Å². The SMILES string of the molecule is CCC1C(=O)N(C)c2cnc(Nc3ccc(C(=O)N=O)cc3OC)nc2N1C1CCCC1. The van der Waals surface area contributed by atoms with E-state index in [1.165, 1.54) is 19.2 Å². The summed E-state index contributed by atoms with van der Waals surface area (Å²) in [6, 6.07) is 4.55. The van der Waals surface area contributed by atoms with E-state index in [0.29, 0.717) is 29.5 Å². The minimum Gasteiger partial charge on any atom is -0.495 e. The second-order valence-corrected chi connectivity index (χ2v) is 8.01. The molecule has 0 bridgehead atoms. The molecule has 1 aliphatic heterocycles. The van der Waals surface area contributed by atoms with Crippen LogP contribution in [0.5, 0.6) is 5.75 Å². The summed E-state index contributed by atoms with van der Waals surface area (Å²) in [5.74, 6) is 0.619. The van der Waals surface area contributed by atoms with Gasteiger partial charge in [0, 0.05) is 23.8 Å². The first-order valence-corrected chi connectivity index (χ1v) is 10.7. The van der Waals surface area contributed by atoms with E-state index in [2.05, 4.69) is 20.4 Å². The van der Waals surface area contributed by atoms with Crippen molar-refractivity contribution in [1.82, 2.24) is 9.97 Å². The standard InChI is InChI=1S/C22H26N6O4/c1-4-16-21(30)27(2)17-12-23-22(25-19(17)28(16)14-7-5-6-8-14)24-15-10-9-13(20(29)26-31)11-18(15)32-3/h9-12,14,16H,4-8H2,1-3H3,(H,23,24,25). The molecule has 1 aliphatic carbocycles. The molecule has 4 rings (SSSR count). The molecule has 2 heterocycles. The highest BCUT2D eigenvalue weighted by atomic mass is 16.5. The van der Waals surface area contributed by atoms with Gasteiger partial charge in [0.25, 0.3) is 0 Å². The second kappa shape index (κ2) is 8.89. The average Bonchev–Trinajstić information content (AvgIpc) is 3.35. The van der Waals surface area contributed by atoms with Crippen LogP contribution in [-0.2, 0) is 4.79 Å². The van der Waals surface area contributed by atoms with Crippen LogP contribution in [0.2, 0.25) is 0 Å². The highest BCUT2D eigenvalue weighted by Gasteiger charge is 2.41. The van der Waals surface area contributed by atoms with E-state index in [4.69, 9.17) is 9.72 Å². The van der Waals surface area contributed by atoms with Gasteiger partial charge in [-0.05, 0) is 37.5 Å². The predicted octanol–water partition coefficient (Wildman–Crippen LogP) is 3.64. The number of hydrogen-bond donors (Lipinski definition) is 1. The summed E-state index contributed by atoms with van der Waals surface area (Å²) in [5, 5.41) is 5.57. The molecule has 1 aromatic carbocycles. The molecular formula is C22H26N6O4. The van der Waals surface area contributed by atoms with Crippen LogP contribution in [-0.4, -0.2) is 48.0 Å². The number of carbonyl (C=O) groups is 2. The van der Waals surface area contributed by atoms with Crippen LogP contribution in [0.15, 0.2) is 29.6 Å². The minimum absolute atomic E-state index is 0.0573. The number of amides is 2. The van der Waals surface area contributed by atoms with Gasteiger partial charge < -0.3 is 19.9 Å². The summed E-state index contributed by atoms with van der Waals surface area (Å²) in [5.41, 5.74) is 1.35. The third-order valence-electron chi connectivity index (χ3n) is 6.19. The molecule has 1 unspecified atom stereocenters. The van der Waals surface area contributed by atoms with Crippen molar-refractivity contribution in [1.29, 1.82) is 0 Å². The highest BCUT2D eigenvalue weighted by molar-refractivity contribution is 6.04. The zero-order valence-corrected chi connectivity index (χ0v) is 18.4. The summed E-state index contributed by atoms with van der Waals surface area (Å²) < 4.78 is 5.36. The Labute approximate surface area is 185 Å². The summed E-state index contributed by atoms with van der Waals surface area (Å²) in [6.07, 6.45) is 6.70. The number of hydrogen-bond acceptors (Lipinski definition) is 8. The summed E-state index contributed by atoms with van der Waals surface area (Å²) in [6.45, 7) is 2.02. The highest BCUT2D eigenvalue weighted by Crippen LogP contribution is 2.40. The fourth-order valence-corrected chi connectivity index (χ4v) is 4.54. The Morgan fingerprint density at radius 3 is 2.72 bits per heavy atom. The molecule has 0 saturated heterocycles. The van der Waals surface area contributed by atoms with Gasteiger partial charge >= 0.3 is 5.91 Å². The van der Waals surface area contributed by atoms with Gasteiger partial charge in [-0.15, -0.1) is 4.91 Å². The molecule has 1 fully saturated rings. The monoisotopic (exact) mass is 438 g/mol. The summed E-state index contributed by atoms with van der Waals surface area (Å²) in [7, 11) is 3.22. The van der Waals surface area contributed by atoms with Gasteiger partial charge in [0.15, 0.2) is 5.82 Å². The Kier molecular flexibility index (Phi) is 6.02. The predicted molar refractivity (Wildman–Crippen MR) is 121 cm³/mol. The van der Waals surface area contributed by atoms with Crippen molar-refractivity contribution in [2.75, 3.05) is 29.3 Å². The van der Waals surface area contributed by atoms with Crippen LogP contribution in [0.25, 0.3) is 0 Å². The molecule has 2 aliphatic rings. The molecule has 1 aromatic heterocycles. The van der Waals surface area contributed by atoms with Gasteiger partial charge in [0.1, 0.15) is 17.5 Å². The Hall–Kier alpha value is -3.56. The number of fused-ring (bicyclic) bond motifs is 1. The molecule has 2 amide bonds. The molecule has 32 heavy (non-hydrogen) atoms. The summed E-state index contributed by atoms with van der Waals surface area (Å²) in [4.78, 5) is 48.1. The largest absolute Gasteiger partial charge is 0.495 e. The quantitative estimate of drug-likeness (QED) is 0.680. The number of rotatable bonds is 6. The molecule has 168 valence electrons. The van der Waals surface area contributed by atoms with Crippen LogP contribution in [0.4, 0.5) is 23.1 Å². The number of benzene rings is 1. The maximum atomic E-state index is 13.0. The molecule has 1 atom stereocenters. The Balaban J connectivity index is 1.71. The second-order valence-electron chi connectivity index (χ2n) is 8.01. The molecule has 1 N–H and O–H groups in total. The first kappa shape index (κ1) is 21.7. The number of nitrogens with zero attached hydrogens (tertiary/aromatic N) is 5. The van der Waals surface area contributed by atoms with E-state index in [1.54, 1.807) is 24.2 Å². The number of likely N-dealkylation sites (N-methyl/N-ethyl adjacent to an activating group) is 1. The van der Waals surface area contributed by atoms with Crippen molar-refractivity contribution in [3.8, 4) is 5.75 Å². The number of nitroso groups, excluding NO2 is 1. The molecule has 0 radical (unpaired) electrons. The molecule has 1 saturated carbocycles. The van der Waals surface area contributed by atoms with Crippen molar-refractivity contribution in [3.05, 3.63) is 34.9 Å². The van der Waals surface area contributed by atoms with Gasteiger partial charge in [0.2, 0.25) is 11.9 Å². The Morgan fingerprint density at radius 1 is 1.31 bits per heavy atom. The number of ether oxygens (including phenoxy) is 1. The lowest BCUT2D eigenvalue weighted by molar-refractivity contribution is -0.120. The maximum Gasteiger partial charge on any atom is 0.316 e. The van der Waals surface area contributed by atoms with Gasteiger partial charge in [-0.2, -0.15) is 4.98 Å². The van der Waals surface area contributed by atoms with Gasteiger partial charge in [-0.25, -0.2) is 4.98 Å². The van der Waals surface area contributed by atoms with Crippen molar-refractivity contribution < 1.29 is 14.3 Å². The van der Waals surface area contributed by atoms with Crippen molar-refractivity contribution in [2.24, 2.45) is 5.18 Å². The number of methoxy groups -OCH3 is 1. The zero-order chi connectivity index (χ0) is 22.8. The molecule has 10 heteroatoms. The van der Waals surface area contributed by atoms with E-state index in [0.717, 1.165) is 31.5 Å². The molecular weight excluding hydrogens is 412 g/mol. The maximum absolute atomic E-state index is 13.0. The van der Waals surface area contributed by atoms with Crippen molar-refractivity contribution >= 4 is 35.0 Å². The molecule has 10 nitrogen and oxygen atoms in total. The van der Waals surface area contributed by atoms with E-state index in [1.807, 2.05) is 6.92 Å². The topological polar surface area (TPSA) is 117 Å². The molecule has 2 aromatic rings. The van der Waals surface area contributed by atoms with E-state index in [9.17, 15) is 14.5 Å². The number of carbonyl (C=O) groups excluding carboxylic acids is 2.